The highest BCUT2D eigenvalue weighted by molar-refractivity contribution is 5.33. The number of aromatic nitrogens is 4. The molecule has 0 amide bonds. The van der Waals surface area contributed by atoms with E-state index in [9.17, 15) is 0 Å². The minimum absolute atomic E-state index is 0.120. The first-order valence-electron chi connectivity index (χ1n) is 4.96. The molecule has 0 radical (unpaired) electrons. The summed E-state index contributed by atoms with van der Waals surface area (Å²) in [6.07, 6.45) is 3.44. The highest BCUT2D eigenvalue weighted by Gasteiger charge is 2.03. The standard InChI is InChI=1S/C10H12N6O/c1-17-10-15-8(11)14-9(16-10)13-6-7-2-4-12-5-3-7/h2-5H,6H2,1H3,(H3,11,13,14,15,16). The minimum atomic E-state index is 0.120. The molecule has 0 aromatic carbocycles. The maximum Gasteiger partial charge on any atom is 0.322 e. The van der Waals surface area contributed by atoms with E-state index in [4.69, 9.17) is 10.5 Å². The number of hydrogen-bond donors (Lipinski definition) is 2. The molecule has 0 aliphatic rings. The molecule has 0 saturated heterocycles. The van der Waals surface area contributed by atoms with E-state index in [1.54, 1.807) is 12.4 Å². The van der Waals surface area contributed by atoms with E-state index >= 15 is 0 Å². The van der Waals surface area contributed by atoms with Gasteiger partial charge in [0.05, 0.1) is 7.11 Å². The van der Waals surface area contributed by atoms with Crippen LogP contribution in [0.1, 0.15) is 5.56 Å². The van der Waals surface area contributed by atoms with Crippen molar-refractivity contribution in [2.45, 2.75) is 6.54 Å². The Hall–Kier alpha value is -2.44. The lowest BCUT2D eigenvalue weighted by Crippen LogP contribution is -2.08. The van der Waals surface area contributed by atoms with E-state index in [1.165, 1.54) is 7.11 Å². The van der Waals surface area contributed by atoms with Crippen LogP contribution >= 0.6 is 0 Å². The van der Waals surface area contributed by atoms with Crippen molar-refractivity contribution in [1.82, 2.24) is 19.9 Å². The molecule has 17 heavy (non-hydrogen) atoms. The summed E-state index contributed by atoms with van der Waals surface area (Å²) in [4.78, 5) is 15.7. The Kier molecular flexibility index (Phi) is 3.29. The number of ether oxygens (including phenoxy) is 1. The van der Waals surface area contributed by atoms with Crippen LogP contribution < -0.4 is 15.8 Å². The molecular formula is C10H12N6O. The van der Waals surface area contributed by atoms with Crippen LogP contribution in [0.4, 0.5) is 11.9 Å². The van der Waals surface area contributed by atoms with E-state index in [1.807, 2.05) is 12.1 Å². The van der Waals surface area contributed by atoms with Crippen molar-refractivity contribution in [2.75, 3.05) is 18.2 Å². The number of rotatable bonds is 4. The zero-order valence-corrected chi connectivity index (χ0v) is 9.29. The van der Waals surface area contributed by atoms with Gasteiger partial charge in [0.15, 0.2) is 0 Å². The van der Waals surface area contributed by atoms with Crippen LogP contribution in [0.25, 0.3) is 0 Å². The summed E-state index contributed by atoms with van der Waals surface area (Å²) in [7, 11) is 1.47. The molecule has 7 heteroatoms. The van der Waals surface area contributed by atoms with Gasteiger partial charge in [-0.2, -0.15) is 15.0 Å². The Balaban J connectivity index is 2.06. The first-order valence-corrected chi connectivity index (χ1v) is 4.96. The number of methoxy groups -OCH3 is 1. The monoisotopic (exact) mass is 232 g/mol. The molecule has 0 fully saturated rings. The molecule has 0 bridgehead atoms. The van der Waals surface area contributed by atoms with Crippen molar-refractivity contribution in [1.29, 1.82) is 0 Å². The van der Waals surface area contributed by atoms with Crippen molar-refractivity contribution in [2.24, 2.45) is 0 Å². The van der Waals surface area contributed by atoms with Gasteiger partial charge in [-0.25, -0.2) is 0 Å². The van der Waals surface area contributed by atoms with E-state index < -0.39 is 0 Å². The first kappa shape index (κ1) is 11.1. The van der Waals surface area contributed by atoms with E-state index in [2.05, 4.69) is 25.3 Å². The van der Waals surface area contributed by atoms with Gasteiger partial charge in [-0.1, -0.05) is 0 Å². The molecule has 3 N–H and O–H groups in total. The fraction of sp³-hybridized carbons (Fsp3) is 0.200. The zero-order chi connectivity index (χ0) is 12.1. The third kappa shape index (κ3) is 3.00. The molecule has 0 saturated carbocycles. The lowest BCUT2D eigenvalue weighted by Gasteiger charge is -2.06. The second-order valence-corrected chi connectivity index (χ2v) is 3.21. The van der Waals surface area contributed by atoms with Crippen molar-refractivity contribution in [3.63, 3.8) is 0 Å². The molecular weight excluding hydrogens is 220 g/mol. The first-order chi connectivity index (χ1) is 8.28. The number of nitrogens with one attached hydrogen (secondary N) is 1. The summed E-state index contributed by atoms with van der Waals surface area (Å²) in [6, 6.07) is 3.98. The average molecular weight is 232 g/mol. The number of anilines is 2. The van der Waals surface area contributed by atoms with Gasteiger partial charge in [0, 0.05) is 18.9 Å². The molecule has 2 rings (SSSR count). The normalized spacial score (nSPS) is 9.94. The average Bonchev–Trinajstić information content (AvgIpc) is 2.37. The number of pyridine rings is 1. The fourth-order valence-corrected chi connectivity index (χ4v) is 1.22. The van der Waals surface area contributed by atoms with E-state index in [0.717, 1.165) is 5.56 Å². The van der Waals surface area contributed by atoms with Gasteiger partial charge in [-0.05, 0) is 17.7 Å². The molecule has 0 aliphatic heterocycles. The number of nitrogen functional groups attached to an aromatic ring is 1. The SMILES string of the molecule is COc1nc(N)nc(NCc2ccncc2)n1. The van der Waals surface area contributed by atoms with Crippen LogP contribution in [0.15, 0.2) is 24.5 Å². The smallest absolute Gasteiger partial charge is 0.322 e. The quantitative estimate of drug-likeness (QED) is 0.790. The third-order valence-electron chi connectivity index (χ3n) is 2.01. The van der Waals surface area contributed by atoms with E-state index in [-0.39, 0.29) is 12.0 Å². The molecule has 2 aromatic rings. The topological polar surface area (TPSA) is 98.8 Å². The van der Waals surface area contributed by atoms with Gasteiger partial charge in [0.2, 0.25) is 11.9 Å². The molecule has 2 heterocycles. The van der Waals surface area contributed by atoms with Crippen molar-refractivity contribution < 1.29 is 4.74 Å². The number of nitrogens with two attached hydrogens (primary N) is 1. The summed E-state index contributed by atoms with van der Waals surface area (Å²) in [5.74, 6) is 0.500. The Bertz CT molecular complexity index is 489. The highest BCUT2D eigenvalue weighted by Crippen LogP contribution is 2.09. The van der Waals surface area contributed by atoms with E-state index in [0.29, 0.717) is 12.5 Å². The predicted molar refractivity (Wildman–Crippen MR) is 62.4 cm³/mol. The van der Waals surface area contributed by atoms with Crippen LogP contribution in [0.2, 0.25) is 0 Å². The summed E-state index contributed by atoms with van der Waals surface area (Å²) < 4.78 is 4.90. The Morgan fingerprint density at radius 3 is 2.71 bits per heavy atom. The van der Waals surface area contributed by atoms with Crippen LogP contribution in [0, 0.1) is 0 Å². The van der Waals surface area contributed by atoms with Crippen molar-refractivity contribution in [3.05, 3.63) is 30.1 Å². The van der Waals surface area contributed by atoms with Gasteiger partial charge in [-0.15, -0.1) is 0 Å². The summed E-state index contributed by atoms with van der Waals surface area (Å²) >= 11 is 0. The van der Waals surface area contributed by atoms with Gasteiger partial charge in [-0.3, -0.25) is 4.98 Å². The molecule has 0 aliphatic carbocycles. The predicted octanol–water partition coefficient (Wildman–Crippen LogP) is 0.469. The lowest BCUT2D eigenvalue weighted by atomic mass is 10.3. The Morgan fingerprint density at radius 1 is 1.24 bits per heavy atom. The van der Waals surface area contributed by atoms with Gasteiger partial charge in [0.1, 0.15) is 0 Å². The molecule has 7 nitrogen and oxygen atoms in total. The molecule has 0 unspecified atom stereocenters. The van der Waals surface area contributed by atoms with Crippen LogP contribution in [-0.4, -0.2) is 27.0 Å². The van der Waals surface area contributed by atoms with Crippen molar-refractivity contribution >= 4 is 11.9 Å². The molecule has 0 atom stereocenters. The maximum atomic E-state index is 5.51. The van der Waals surface area contributed by atoms with Crippen LogP contribution in [-0.2, 0) is 6.54 Å². The molecule has 88 valence electrons. The minimum Gasteiger partial charge on any atom is -0.467 e. The van der Waals surface area contributed by atoms with Gasteiger partial charge >= 0.3 is 6.01 Å². The van der Waals surface area contributed by atoms with Crippen LogP contribution in [0.3, 0.4) is 0 Å². The summed E-state index contributed by atoms with van der Waals surface area (Å²) in [5, 5.41) is 3.03. The molecule has 0 spiro atoms. The highest BCUT2D eigenvalue weighted by atomic mass is 16.5. The second kappa shape index (κ2) is 5.06. The second-order valence-electron chi connectivity index (χ2n) is 3.21. The maximum absolute atomic E-state index is 5.51. The molecule has 2 aromatic heterocycles. The number of nitrogens with zero attached hydrogens (tertiary/aromatic N) is 4. The zero-order valence-electron chi connectivity index (χ0n) is 9.29. The Labute approximate surface area is 98.1 Å². The fourth-order valence-electron chi connectivity index (χ4n) is 1.22. The Morgan fingerprint density at radius 2 is 2.00 bits per heavy atom. The number of hydrogen-bond acceptors (Lipinski definition) is 7. The van der Waals surface area contributed by atoms with Crippen molar-refractivity contribution in [3.8, 4) is 6.01 Å². The van der Waals surface area contributed by atoms with Gasteiger partial charge in [0.25, 0.3) is 0 Å². The lowest BCUT2D eigenvalue weighted by molar-refractivity contribution is 0.379. The summed E-state index contributed by atoms with van der Waals surface area (Å²) in [6.45, 7) is 0.578. The summed E-state index contributed by atoms with van der Waals surface area (Å²) in [5.41, 5.74) is 6.58. The van der Waals surface area contributed by atoms with Gasteiger partial charge < -0.3 is 15.8 Å². The third-order valence-corrected chi connectivity index (χ3v) is 2.01. The largest absolute Gasteiger partial charge is 0.467 e. The van der Waals surface area contributed by atoms with Crippen LogP contribution in [0.5, 0.6) is 6.01 Å².